The Morgan fingerprint density at radius 1 is 1.40 bits per heavy atom. The van der Waals surface area contributed by atoms with Crippen molar-refractivity contribution < 1.29 is 9.32 Å². The van der Waals surface area contributed by atoms with Gasteiger partial charge in [0, 0.05) is 58.0 Å². The molecule has 1 saturated carbocycles. The van der Waals surface area contributed by atoms with Crippen LogP contribution in [0, 0.1) is 5.92 Å². The average Bonchev–Trinajstić information content (AvgIpc) is 3.35. The normalized spacial score (nSPS) is 18.1. The standard InChI is InChI=1S/C18H23N5O2/c1-22(18(24)14-4-5-14)8-6-16-20-17(25-21-16)15-11-23(12-15)10-13-3-2-7-19-9-13/h2-3,7,9,14-15H,4-6,8,10-12H2,1H3. The van der Waals surface area contributed by atoms with Gasteiger partial charge >= 0.3 is 0 Å². The molecule has 2 aromatic rings. The van der Waals surface area contributed by atoms with E-state index in [1.54, 1.807) is 11.1 Å². The van der Waals surface area contributed by atoms with Gasteiger partial charge in [-0.15, -0.1) is 0 Å². The van der Waals surface area contributed by atoms with Crippen LogP contribution >= 0.6 is 0 Å². The highest BCUT2D eigenvalue weighted by molar-refractivity contribution is 5.80. The van der Waals surface area contributed by atoms with Crippen LogP contribution in [-0.2, 0) is 17.8 Å². The summed E-state index contributed by atoms with van der Waals surface area (Å²) in [6.07, 6.45) is 6.40. The van der Waals surface area contributed by atoms with Crippen LogP contribution in [0.5, 0.6) is 0 Å². The van der Waals surface area contributed by atoms with E-state index in [2.05, 4.69) is 26.1 Å². The van der Waals surface area contributed by atoms with E-state index in [9.17, 15) is 4.79 Å². The van der Waals surface area contributed by atoms with Crippen LogP contribution in [0.2, 0.25) is 0 Å². The Kier molecular flexibility index (Phi) is 4.48. The second kappa shape index (κ2) is 6.92. The van der Waals surface area contributed by atoms with Gasteiger partial charge in [0.05, 0.1) is 5.92 Å². The highest BCUT2D eigenvalue weighted by Crippen LogP contribution is 2.30. The van der Waals surface area contributed by atoms with E-state index in [-0.39, 0.29) is 11.8 Å². The molecule has 25 heavy (non-hydrogen) atoms. The van der Waals surface area contributed by atoms with Crippen molar-refractivity contribution in [3.63, 3.8) is 0 Å². The minimum atomic E-state index is 0.244. The number of hydrogen-bond donors (Lipinski definition) is 0. The molecule has 1 aliphatic heterocycles. The predicted octanol–water partition coefficient (Wildman–Crippen LogP) is 1.47. The van der Waals surface area contributed by atoms with Gasteiger partial charge in [-0.1, -0.05) is 11.2 Å². The summed E-state index contributed by atoms with van der Waals surface area (Å²) < 4.78 is 5.42. The number of hydrogen-bond acceptors (Lipinski definition) is 6. The molecular formula is C18H23N5O2. The largest absolute Gasteiger partial charge is 0.345 e. The number of nitrogens with zero attached hydrogens (tertiary/aromatic N) is 5. The predicted molar refractivity (Wildman–Crippen MR) is 90.6 cm³/mol. The molecule has 0 N–H and O–H groups in total. The minimum absolute atomic E-state index is 0.244. The SMILES string of the molecule is CN(CCc1noc(C2CN(Cc3cccnc3)C2)n1)C(=O)C1CC1. The van der Waals surface area contributed by atoms with Crippen LogP contribution in [0.4, 0.5) is 0 Å². The van der Waals surface area contributed by atoms with Crippen molar-refractivity contribution in [3.05, 3.63) is 41.8 Å². The summed E-state index contributed by atoms with van der Waals surface area (Å²) in [5, 5.41) is 4.07. The number of likely N-dealkylation sites (N-methyl/N-ethyl adjacent to an activating group) is 1. The van der Waals surface area contributed by atoms with Crippen molar-refractivity contribution in [1.82, 2.24) is 24.9 Å². The molecule has 7 nitrogen and oxygen atoms in total. The van der Waals surface area contributed by atoms with Crippen molar-refractivity contribution in [1.29, 1.82) is 0 Å². The number of pyridine rings is 1. The zero-order valence-corrected chi connectivity index (χ0v) is 14.5. The zero-order chi connectivity index (χ0) is 17.2. The lowest BCUT2D eigenvalue weighted by Gasteiger charge is -2.36. The van der Waals surface area contributed by atoms with E-state index in [0.29, 0.717) is 30.6 Å². The third-order valence-electron chi connectivity index (χ3n) is 4.89. The first-order valence-electron chi connectivity index (χ1n) is 8.88. The second-order valence-electron chi connectivity index (χ2n) is 7.09. The Bertz CT molecular complexity index is 722. The molecule has 3 heterocycles. The molecule has 1 saturated heterocycles. The Hall–Kier alpha value is -2.28. The van der Waals surface area contributed by atoms with Crippen LogP contribution in [-0.4, -0.2) is 57.5 Å². The smallest absolute Gasteiger partial charge is 0.232 e. The van der Waals surface area contributed by atoms with Gasteiger partial charge in [0.25, 0.3) is 0 Å². The summed E-state index contributed by atoms with van der Waals surface area (Å²) in [4.78, 5) is 24.7. The van der Waals surface area contributed by atoms with Gasteiger partial charge in [-0.05, 0) is 24.5 Å². The Morgan fingerprint density at radius 2 is 2.24 bits per heavy atom. The van der Waals surface area contributed by atoms with Crippen molar-refractivity contribution >= 4 is 5.91 Å². The van der Waals surface area contributed by atoms with Crippen LogP contribution in [0.3, 0.4) is 0 Å². The molecule has 0 unspecified atom stereocenters. The van der Waals surface area contributed by atoms with Crippen LogP contribution in [0.25, 0.3) is 0 Å². The molecular weight excluding hydrogens is 318 g/mol. The molecule has 132 valence electrons. The number of carbonyl (C=O) groups is 1. The first kappa shape index (κ1) is 16.2. The van der Waals surface area contributed by atoms with Gasteiger partial charge < -0.3 is 9.42 Å². The zero-order valence-electron chi connectivity index (χ0n) is 14.5. The Labute approximate surface area is 147 Å². The number of aromatic nitrogens is 3. The third kappa shape index (κ3) is 3.87. The molecule has 0 bridgehead atoms. The summed E-state index contributed by atoms with van der Waals surface area (Å²) in [6, 6.07) is 4.05. The summed E-state index contributed by atoms with van der Waals surface area (Å²) in [5.74, 6) is 2.22. The molecule has 0 aromatic carbocycles. The first-order valence-corrected chi connectivity index (χ1v) is 8.88. The fraction of sp³-hybridized carbons (Fsp3) is 0.556. The van der Waals surface area contributed by atoms with Crippen LogP contribution in [0.1, 0.15) is 36.0 Å². The molecule has 1 aliphatic carbocycles. The maximum absolute atomic E-state index is 11.9. The second-order valence-corrected chi connectivity index (χ2v) is 7.09. The average molecular weight is 341 g/mol. The lowest BCUT2D eigenvalue weighted by atomic mass is 9.99. The summed E-state index contributed by atoms with van der Waals surface area (Å²) in [6.45, 7) is 3.40. The van der Waals surface area contributed by atoms with Crippen molar-refractivity contribution in [2.75, 3.05) is 26.7 Å². The quantitative estimate of drug-likeness (QED) is 0.759. The molecule has 4 rings (SSSR count). The monoisotopic (exact) mass is 341 g/mol. The van der Waals surface area contributed by atoms with Gasteiger partial charge in [-0.2, -0.15) is 4.98 Å². The van der Waals surface area contributed by atoms with Gasteiger partial charge in [0.1, 0.15) is 0 Å². The van der Waals surface area contributed by atoms with E-state index in [0.717, 1.165) is 32.5 Å². The van der Waals surface area contributed by atoms with Crippen molar-refractivity contribution in [2.45, 2.75) is 31.7 Å². The maximum atomic E-state index is 11.9. The molecule has 2 fully saturated rings. The Balaban J connectivity index is 1.23. The molecule has 0 atom stereocenters. The molecule has 0 radical (unpaired) electrons. The topological polar surface area (TPSA) is 75.4 Å². The first-order chi connectivity index (χ1) is 12.2. The molecule has 7 heteroatoms. The summed E-state index contributed by atoms with van der Waals surface area (Å²) in [5.41, 5.74) is 1.22. The van der Waals surface area contributed by atoms with Gasteiger partial charge in [0.2, 0.25) is 11.8 Å². The van der Waals surface area contributed by atoms with E-state index >= 15 is 0 Å². The van der Waals surface area contributed by atoms with Crippen LogP contribution < -0.4 is 0 Å². The number of carbonyl (C=O) groups excluding carboxylic acids is 1. The van der Waals surface area contributed by atoms with Crippen LogP contribution in [0.15, 0.2) is 29.0 Å². The highest BCUT2D eigenvalue weighted by Gasteiger charge is 2.33. The lowest BCUT2D eigenvalue weighted by Crippen LogP contribution is -2.44. The highest BCUT2D eigenvalue weighted by atomic mass is 16.5. The fourth-order valence-electron chi connectivity index (χ4n) is 3.16. The van der Waals surface area contributed by atoms with E-state index in [4.69, 9.17) is 4.52 Å². The molecule has 2 aromatic heterocycles. The minimum Gasteiger partial charge on any atom is -0.345 e. The lowest BCUT2D eigenvalue weighted by molar-refractivity contribution is -0.131. The van der Waals surface area contributed by atoms with Crippen molar-refractivity contribution in [3.8, 4) is 0 Å². The van der Waals surface area contributed by atoms with E-state index < -0.39 is 0 Å². The molecule has 1 amide bonds. The van der Waals surface area contributed by atoms with Gasteiger partial charge in [0.15, 0.2) is 5.82 Å². The molecule has 2 aliphatic rings. The summed E-state index contributed by atoms with van der Waals surface area (Å²) in [7, 11) is 1.85. The van der Waals surface area contributed by atoms with Gasteiger partial charge in [-0.25, -0.2) is 0 Å². The number of likely N-dealkylation sites (tertiary alicyclic amines) is 1. The van der Waals surface area contributed by atoms with E-state index in [1.807, 2.05) is 19.3 Å². The van der Waals surface area contributed by atoms with Crippen molar-refractivity contribution in [2.24, 2.45) is 5.92 Å². The fourth-order valence-corrected chi connectivity index (χ4v) is 3.16. The number of rotatable bonds is 7. The number of amides is 1. The maximum Gasteiger partial charge on any atom is 0.232 e. The third-order valence-corrected chi connectivity index (χ3v) is 4.89. The van der Waals surface area contributed by atoms with E-state index in [1.165, 1.54) is 5.56 Å². The van der Waals surface area contributed by atoms with Gasteiger partial charge in [-0.3, -0.25) is 14.7 Å². The molecule has 0 spiro atoms. The Morgan fingerprint density at radius 3 is 2.96 bits per heavy atom. The summed E-state index contributed by atoms with van der Waals surface area (Å²) >= 11 is 0.